The fraction of sp³-hybridized carbons (Fsp3) is 0.385. The molecule has 0 amide bonds. The minimum atomic E-state index is 0.482. The van der Waals surface area contributed by atoms with Crippen molar-refractivity contribution in [1.29, 1.82) is 5.26 Å². The van der Waals surface area contributed by atoms with Gasteiger partial charge in [0.15, 0.2) is 0 Å². The molecular formula is C13H14N2S. The first-order valence-corrected chi connectivity index (χ1v) is 6.38. The number of thioether (sulfide) groups is 1. The lowest BCUT2D eigenvalue weighted by Gasteiger charge is -2.15. The highest BCUT2D eigenvalue weighted by Crippen LogP contribution is 2.30. The molecule has 1 aliphatic rings. The van der Waals surface area contributed by atoms with Crippen molar-refractivity contribution in [2.45, 2.75) is 36.5 Å². The lowest BCUT2D eigenvalue weighted by molar-refractivity contribution is 0.740. The van der Waals surface area contributed by atoms with Crippen LogP contribution in [-0.4, -0.2) is 10.2 Å². The van der Waals surface area contributed by atoms with Crippen LogP contribution in [0, 0.1) is 18.3 Å². The van der Waals surface area contributed by atoms with E-state index in [-0.39, 0.29) is 0 Å². The molecular weight excluding hydrogens is 216 g/mol. The number of nitrogens with zero attached hydrogens (tertiary/aromatic N) is 2. The van der Waals surface area contributed by atoms with Crippen LogP contribution in [0.4, 0.5) is 0 Å². The van der Waals surface area contributed by atoms with Crippen molar-refractivity contribution in [3.05, 3.63) is 35.5 Å². The fourth-order valence-corrected chi connectivity index (χ4v) is 2.93. The van der Waals surface area contributed by atoms with Gasteiger partial charge in [-0.2, -0.15) is 5.26 Å². The Morgan fingerprint density at radius 1 is 1.50 bits per heavy atom. The minimum Gasteiger partial charge on any atom is -0.245 e. The third-order valence-corrected chi connectivity index (χ3v) is 3.82. The Labute approximate surface area is 100 Å². The van der Waals surface area contributed by atoms with E-state index in [1.165, 1.54) is 19.3 Å². The van der Waals surface area contributed by atoms with Gasteiger partial charge in [0.05, 0.1) is 5.56 Å². The van der Waals surface area contributed by atoms with E-state index in [4.69, 9.17) is 5.26 Å². The molecule has 82 valence electrons. The van der Waals surface area contributed by atoms with Gasteiger partial charge in [-0.05, 0) is 38.3 Å². The second kappa shape index (κ2) is 5.18. The van der Waals surface area contributed by atoms with Gasteiger partial charge in [-0.25, -0.2) is 4.98 Å². The normalized spacial score (nSPS) is 19.4. The summed E-state index contributed by atoms with van der Waals surface area (Å²) in [5.41, 5.74) is 1.66. The largest absolute Gasteiger partial charge is 0.245 e. The van der Waals surface area contributed by atoms with Gasteiger partial charge < -0.3 is 0 Å². The molecule has 2 rings (SSSR count). The Hall–Kier alpha value is -1.27. The molecule has 0 saturated heterocycles. The molecule has 3 heteroatoms. The average molecular weight is 230 g/mol. The second-order valence-electron chi connectivity index (χ2n) is 3.93. The number of nitriles is 1. The maximum atomic E-state index is 9.02. The van der Waals surface area contributed by atoms with Crippen LogP contribution in [0.3, 0.4) is 0 Å². The van der Waals surface area contributed by atoms with Gasteiger partial charge in [0.2, 0.25) is 0 Å². The lowest BCUT2D eigenvalue weighted by Crippen LogP contribution is -2.03. The highest BCUT2D eigenvalue weighted by atomic mass is 32.2. The zero-order valence-corrected chi connectivity index (χ0v) is 10.1. The van der Waals surface area contributed by atoms with E-state index in [1.54, 1.807) is 11.8 Å². The monoisotopic (exact) mass is 230 g/mol. The Bertz CT molecular complexity index is 446. The standard InChI is InChI=1S/C13H14N2S/c1-10-7-8-11(9-14)13(15-10)16-12-5-3-2-4-6-12/h3,5,7-8,12H,2,4,6H2,1H3/t12-/m1/s1. The Balaban J connectivity index is 2.19. The summed E-state index contributed by atoms with van der Waals surface area (Å²) >= 11 is 1.71. The first kappa shape index (κ1) is 11.2. The van der Waals surface area contributed by atoms with Crippen LogP contribution >= 0.6 is 11.8 Å². The van der Waals surface area contributed by atoms with Gasteiger partial charge in [0, 0.05) is 10.9 Å². The van der Waals surface area contributed by atoms with Crippen molar-refractivity contribution in [2.24, 2.45) is 0 Å². The third kappa shape index (κ3) is 2.65. The van der Waals surface area contributed by atoms with Crippen molar-refractivity contribution < 1.29 is 0 Å². The molecule has 0 N–H and O–H groups in total. The molecule has 0 fully saturated rings. The molecule has 0 aliphatic heterocycles. The predicted octanol–water partition coefficient (Wildman–Crippen LogP) is 3.46. The molecule has 1 aliphatic carbocycles. The maximum absolute atomic E-state index is 9.02. The zero-order valence-electron chi connectivity index (χ0n) is 9.31. The summed E-state index contributed by atoms with van der Waals surface area (Å²) in [6, 6.07) is 5.95. The Kier molecular flexibility index (Phi) is 3.63. The smallest absolute Gasteiger partial charge is 0.115 e. The van der Waals surface area contributed by atoms with Crippen LogP contribution in [0.15, 0.2) is 29.3 Å². The van der Waals surface area contributed by atoms with E-state index in [1.807, 2.05) is 19.1 Å². The SMILES string of the molecule is Cc1ccc(C#N)c(S[C@@H]2C=CCCC2)n1. The predicted molar refractivity (Wildman–Crippen MR) is 66.3 cm³/mol. The van der Waals surface area contributed by atoms with Crippen molar-refractivity contribution >= 4 is 11.8 Å². The van der Waals surface area contributed by atoms with Crippen LogP contribution in [0.2, 0.25) is 0 Å². The Morgan fingerprint density at radius 3 is 3.06 bits per heavy atom. The van der Waals surface area contributed by atoms with Crippen molar-refractivity contribution in [3.8, 4) is 6.07 Å². The van der Waals surface area contributed by atoms with Crippen molar-refractivity contribution in [2.75, 3.05) is 0 Å². The summed E-state index contributed by atoms with van der Waals surface area (Å²) in [5, 5.41) is 10.4. The fourth-order valence-electron chi connectivity index (χ4n) is 1.73. The zero-order chi connectivity index (χ0) is 11.4. The van der Waals surface area contributed by atoms with E-state index in [9.17, 15) is 0 Å². The number of aromatic nitrogens is 1. The summed E-state index contributed by atoms with van der Waals surface area (Å²) in [5.74, 6) is 0. The molecule has 0 bridgehead atoms. The van der Waals surface area contributed by atoms with Crippen LogP contribution in [-0.2, 0) is 0 Å². The first-order valence-electron chi connectivity index (χ1n) is 5.50. The maximum Gasteiger partial charge on any atom is 0.115 e. The van der Waals surface area contributed by atoms with Gasteiger partial charge >= 0.3 is 0 Å². The molecule has 0 radical (unpaired) electrons. The quantitative estimate of drug-likeness (QED) is 0.730. The number of rotatable bonds is 2. The summed E-state index contributed by atoms with van der Waals surface area (Å²) in [6.45, 7) is 1.96. The number of pyridine rings is 1. The number of aryl methyl sites for hydroxylation is 1. The van der Waals surface area contributed by atoms with E-state index >= 15 is 0 Å². The average Bonchev–Trinajstić information content (AvgIpc) is 2.31. The molecule has 0 spiro atoms. The number of hydrogen-bond donors (Lipinski definition) is 0. The molecule has 1 aromatic rings. The van der Waals surface area contributed by atoms with Crippen LogP contribution in [0.25, 0.3) is 0 Å². The number of allylic oxidation sites excluding steroid dienone is 1. The molecule has 1 atom stereocenters. The summed E-state index contributed by atoms with van der Waals surface area (Å²) in [6.07, 6.45) is 8.06. The van der Waals surface area contributed by atoms with E-state index in [0.717, 1.165) is 10.7 Å². The van der Waals surface area contributed by atoms with Crippen LogP contribution in [0.5, 0.6) is 0 Å². The number of hydrogen-bond acceptors (Lipinski definition) is 3. The molecule has 0 unspecified atom stereocenters. The Morgan fingerprint density at radius 2 is 2.38 bits per heavy atom. The topological polar surface area (TPSA) is 36.7 Å². The van der Waals surface area contributed by atoms with E-state index < -0.39 is 0 Å². The van der Waals surface area contributed by atoms with Crippen molar-refractivity contribution in [1.82, 2.24) is 4.98 Å². The molecule has 0 saturated carbocycles. The summed E-state index contributed by atoms with van der Waals surface area (Å²) < 4.78 is 0. The van der Waals surface area contributed by atoms with Gasteiger partial charge in [-0.1, -0.05) is 23.9 Å². The minimum absolute atomic E-state index is 0.482. The van der Waals surface area contributed by atoms with E-state index in [2.05, 4.69) is 23.2 Å². The molecule has 1 heterocycles. The van der Waals surface area contributed by atoms with E-state index in [0.29, 0.717) is 10.8 Å². The van der Waals surface area contributed by atoms with Crippen molar-refractivity contribution in [3.63, 3.8) is 0 Å². The summed E-state index contributed by atoms with van der Waals surface area (Å²) in [7, 11) is 0. The van der Waals surface area contributed by atoms with Gasteiger partial charge in [0.25, 0.3) is 0 Å². The van der Waals surface area contributed by atoms with Crippen LogP contribution in [0.1, 0.15) is 30.5 Å². The molecule has 16 heavy (non-hydrogen) atoms. The highest BCUT2D eigenvalue weighted by molar-refractivity contribution is 8.00. The molecule has 2 nitrogen and oxygen atoms in total. The van der Waals surface area contributed by atoms with Gasteiger partial charge in [0.1, 0.15) is 11.1 Å². The summed E-state index contributed by atoms with van der Waals surface area (Å²) in [4.78, 5) is 4.44. The second-order valence-corrected chi connectivity index (χ2v) is 5.16. The van der Waals surface area contributed by atoms with Gasteiger partial charge in [-0.15, -0.1) is 0 Å². The highest BCUT2D eigenvalue weighted by Gasteiger charge is 2.13. The lowest BCUT2D eigenvalue weighted by atomic mass is 10.1. The first-order chi connectivity index (χ1) is 7.79. The van der Waals surface area contributed by atoms with Gasteiger partial charge in [-0.3, -0.25) is 0 Å². The van der Waals surface area contributed by atoms with Crippen LogP contribution < -0.4 is 0 Å². The third-order valence-electron chi connectivity index (χ3n) is 2.59. The molecule has 0 aromatic carbocycles. The molecule has 1 aromatic heterocycles.